The zero-order chi connectivity index (χ0) is 61.7. The molecule has 0 saturated heterocycles. The van der Waals surface area contributed by atoms with E-state index < -0.39 is 0 Å². The van der Waals surface area contributed by atoms with E-state index in [2.05, 4.69) is 239 Å². The summed E-state index contributed by atoms with van der Waals surface area (Å²) in [6.07, 6.45) is 0. The van der Waals surface area contributed by atoms with Crippen LogP contribution in [0.25, 0.3) is 252 Å². The van der Waals surface area contributed by atoms with E-state index in [0.717, 1.165) is 225 Å². The first-order valence-electron chi connectivity index (χ1n) is 32.7. The fourth-order valence-corrected chi connectivity index (χ4v) is 17.6. The number of fused-ring (bicyclic) bond motifs is 35. The molecular weight excluding hydrogens is 1180 g/mol. The summed E-state index contributed by atoms with van der Waals surface area (Å²) >= 11 is 0. The Balaban J connectivity index is 0.737. The quantitative estimate of drug-likeness (QED) is 0.175. The van der Waals surface area contributed by atoms with Gasteiger partial charge < -0.3 is 35.3 Å². The minimum atomic E-state index is 0.792. The molecule has 0 N–H and O–H groups in total. The van der Waals surface area contributed by atoms with E-state index in [0.29, 0.717) is 0 Å². The molecule has 0 unspecified atom stereocenters. The third kappa shape index (κ3) is 5.83. The predicted molar refractivity (Wildman–Crippen MR) is 393 cm³/mol. The van der Waals surface area contributed by atoms with Crippen molar-refractivity contribution in [1.82, 2.24) is 8.80 Å². The Morgan fingerprint density at radius 2 is 0.573 bits per heavy atom. The molecule has 10 heterocycles. The SMILES string of the molecule is c1ccc2cc(-c3cc4c5ccc6c7ccccc7oc6c5n5c4c(c3)c3ccc4c(oc6cccc(-c7ccc8oc9c(ccc%10c%11cc(-c%12c%13oc%14ccccc%14c%13cc%13c%12oc%12ccccc%12%13)cc%12c%13ccc%14c%15ccccc%15oc%14c%13n(c%12%11)c%109)c8c7)c64)c35)ccc2c1. The maximum absolute atomic E-state index is 7.32. The number of benzene rings is 15. The zero-order valence-electron chi connectivity index (χ0n) is 50.6. The summed E-state index contributed by atoms with van der Waals surface area (Å²) in [6.45, 7) is 0. The van der Waals surface area contributed by atoms with Crippen LogP contribution >= 0.6 is 0 Å². The molecule has 440 valence electrons. The third-order valence-electron chi connectivity index (χ3n) is 21.7. The number of hydrogen-bond acceptors (Lipinski definition) is 6. The second-order valence-electron chi connectivity index (χ2n) is 26.4. The van der Waals surface area contributed by atoms with Crippen LogP contribution in [-0.2, 0) is 0 Å². The normalized spacial score (nSPS) is 13.0. The van der Waals surface area contributed by atoms with Crippen molar-refractivity contribution in [3.05, 3.63) is 255 Å². The van der Waals surface area contributed by atoms with Crippen molar-refractivity contribution >= 4 is 219 Å². The summed E-state index contributed by atoms with van der Waals surface area (Å²) in [6, 6.07) is 91.7. The standard InChI is InChI=1S/C88H42N2O6/c1-2-13-44-36-45(25-24-43(44)12-1)47-38-63-54-27-31-58-50-14-3-7-19-69(50)93-85(58)79(54)90-77(63)64(39-47)57-30-34-61-76-49(18-11-23-74(76)96-88(61)82(57)90)46-26-35-73-62(37-46)60-33-29-56-66-41-48(75-83-67(52-16-5-9-21-71(52)91-83)42-68-53-17-6-10-22-72(53)92-84(68)75)40-65-55-28-32-59-51-15-4-8-20-70(51)94-86(59)80(55)89(78(65)66)81(56)87(60)95-73/h1-42H. The fraction of sp³-hybridized carbons (Fsp3) is 0. The van der Waals surface area contributed by atoms with Gasteiger partial charge in [0, 0.05) is 108 Å². The minimum absolute atomic E-state index is 0.792. The highest BCUT2D eigenvalue weighted by Gasteiger charge is 2.31. The molecule has 8 heteroatoms. The maximum atomic E-state index is 7.32. The first-order valence-corrected chi connectivity index (χ1v) is 32.7. The van der Waals surface area contributed by atoms with Crippen molar-refractivity contribution in [3.63, 3.8) is 0 Å². The number of rotatable bonds is 3. The molecule has 96 heavy (non-hydrogen) atoms. The van der Waals surface area contributed by atoms with Crippen LogP contribution in [0.15, 0.2) is 281 Å². The number of nitrogens with zero attached hydrogens (tertiary/aromatic N) is 2. The molecule has 8 nitrogen and oxygen atoms in total. The van der Waals surface area contributed by atoms with E-state index in [-0.39, 0.29) is 0 Å². The third-order valence-corrected chi connectivity index (χ3v) is 21.7. The van der Waals surface area contributed by atoms with Gasteiger partial charge in [-0.2, -0.15) is 0 Å². The molecule has 0 atom stereocenters. The second-order valence-corrected chi connectivity index (χ2v) is 26.4. The average Bonchev–Trinajstić information content (AvgIpc) is 1.53. The lowest BCUT2D eigenvalue weighted by atomic mass is 9.95. The molecule has 25 aromatic rings. The predicted octanol–water partition coefficient (Wildman–Crippen LogP) is 25.5. The lowest BCUT2D eigenvalue weighted by Gasteiger charge is -2.07. The van der Waals surface area contributed by atoms with Gasteiger partial charge >= 0.3 is 0 Å². The Kier molecular flexibility index (Phi) is 8.51. The van der Waals surface area contributed by atoms with Crippen molar-refractivity contribution in [2.75, 3.05) is 0 Å². The van der Waals surface area contributed by atoms with E-state index in [4.69, 9.17) is 26.5 Å². The summed E-state index contributed by atoms with van der Waals surface area (Å²) < 4.78 is 47.3. The Morgan fingerprint density at radius 1 is 0.188 bits per heavy atom. The molecule has 0 radical (unpaired) electrons. The molecule has 0 aliphatic rings. The minimum Gasteiger partial charge on any atom is -0.455 e. The lowest BCUT2D eigenvalue weighted by Crippen LogP contribution is -1.83. The van der Waals surface area contributed by atoms with Crippen LogP contribution in [0, 0.1) is 0 Å². The van der Waals surface area contributed by atoms with Gasteiger partial charge in [-0.15, -0.1) is 0 Å². The molecule has 0 amide bonds. The molecule has 15 aromatic carbocycles. The molecule has 0 aliphatic carbocycles. The van der Waals surface area contributed by atoms with Gasteiger partial charge in [-0.3, -0.25) is 0 Å². The topological polar surface area (TPSA) is 87.7 Å². The highest BCUT2D eigenvalue weighted by molar-refractivity contribution is 6.35. The summed E-state index contributed by atoms with van der Waals surface area (Å²) in [5.74, 6) is 0. The lowest BCUT2D eigenvalue weighted by molar-refractivity contribution is 0.658. The molecule has 10 aromatic heterocycles. The van der Waals surface area contributed by atoms with Crippen molar-refractivity contribution in [1.29, 1.82) is 0 Å². The van der Waals surface area contributed by atoms with Crippen molar-refractivity contribution in [3.8, 4) is 33.4 Å². The smallest absolute Gasteiger partial charge is 0.160 e. The summed E-state index contributed by atoms with van der Waals surface area (Å²) in [4.78, 5) is 0. The Bertz CT molecular complexity index is 7810. The number of para-hydroxylation sites is 4. The van der Waals surface area contributed by atoms with Crippen LogP contribution in [0.3, 0.4) is 0 Å². The average molecular weight is 1220 g/mol. The van der Waals surface area contributed by atoms with Crippen LogP contribution in [0.4, 0.5) is 0 Å². The van der Waals surface area contributed by atoms with Crippen LogP contribution in [0.1, 0.15) is 0 Å². The highest BCUT2D eigenvalue weighted by atomic mass is 16.4. The van der Waals surface area contributed by atoms with Gasteiger partial charge in [-0.1, -0.05) is 152 Å². The van der Waals surface area contributed by atoms with Gasteiger partial charge in [0.05, 0.1) is 38.7 Å². The maximum Gasteiger partial charge on any atom is 0.160 e. The Morgan fingerprint density at radius 3 is 1.11 bits per heavy atom. The van der Waals surface area contributed by atoms with Gasteiger partial charge in [0.1, 0.15) is 44.7 Å². The molecule has 0 bridgehead atoms. The van der Waals surface area contributed by atoms with E-state index in [1.807, 2.05) is 24.3 Å². The summed E-state index contributed by atoms with van der Waals surface area (Å²) in [5.41, 5.74) is 22.6. The zero-order valence-corrected chi connectivity index (χ0v) is 50.6. The number of hydrogen-bond donors (Lipinski definition) is 0. The van der Waals surface area contributed by atoms with Gasteiger partial charge in [-0.25, -0.2) is 0 Å². The molecule has 0 spiro atoms. The van der Waals surface area contributed by atoms with E-state index in [9.17, 15) is 0 Å². The molecular formula is C88H42N2O6. The van der Waals surface area contributed by atoms with Crippen LogP contribution < -0.4 is 0 Å². The molecule has 0 aliphatic heterocycles. The molecule has 25 rings (SSSR count). The second kappa shape index (κ2) is 16.8. The van der Waals surface area contributed by atoms with Crippen molar-refractivity contribution in [2.24, 2.45) is 0 Å². The monoisotopic (exact) mass is 1220 g/mol. The first kappa shape index (κ1) is 48.7. The Hall–Kier alpha value is -13.0. The van der Waals surface area contributed by atoms with Crippen molar-refractivity contribution < 1.29 is 26.5 Å². The van der Waals surface area contributed by atoms with Gasteiger partial charge in [-0.05, 0) is 142 Å². The van der Waals surface area contributed by atoms with E-state index >= 15 is 0 Å². The van der Waals surface area contributed by atoms with Gasteiger partial charge in [0.15, 0.2) is 22.3 Å². The van der Waals surface area contributed by atoms with Crippen LogP contribution in [0.2, 0.25) is 0 Å². The molecule has 0 saturated carbocycles. The Labute approximate surface area is 539 Å². The van der Waals surface area contributed by atoms with Crippen molar-refractivity contribution in [2.45, 2.75) is 0 Å². The first-order chi connectivity index (χ1) is 47.6. The fourth-order valence-electron chi connectivity index (χ4n) is 17.6. The summed E-state index contributed by atoms with van der Waals surface area (Å²) in [5, 5.41) is 24.0. The van der Waals surface area contributed by atoms with Gasteiger partial charge in [0.2, 0.25) is 0 Å². The summed E-state index contributed by atoms with van der Waals surface area (Å²) in [7, 11) is 0. The largest absolute Gasteiger partial charge is 0.455 e. The highest BCUT2D eigenvalue weighted by Crippen LogP contribution is 2.53. The van der Waals surface area contributed by atoms with Gasteiger partial charge in [0.25, 0.3) is 0 Å². The number of furan rings is 6. The molecule has 0 fully saturated rings. The van der Waals surface area contributed by atoms with E-state index in [1.165, 1.54) is 27.1 Å². The van der Waals surface area contributed by atoms with Crippen LogP contribution in [-0.4, -0.2) is 8.80 Å². The van der Waals surface area contributed by atoms with Crippen LogP contribution in [0.5, 0.6) is 0 Å². The van der Waals surface area contributed by atoms with E-state index in [1.54, 1.807) is 0 Å². The number of aromatic nitrogens is 2.